The van der Waals surface area contributed by atoms with Gasteiger partial charge in [-0.1, -0.05) is 26.7 Å². The SMILES string of the molecule is CC(C)C1CCCCC1NC(=O)OCC(F)(F)F. The van der Waals surface area contributed by atoms with Gasteiger partial charge in [-0.15, -0.1) is 0 Å². The van der Waals surface area contributed by atoms with Crippen molar-refractivity contribution < 1.29 is 22.7 Å². The van der Waals surface area contributed by atoms with Crippen LogP contribution in [0.4, 0.5) is 18.0 Å². The summed E-state index contributed by atoms with van der Waals surface area (Å²) in [6.45, 7) is 2.59. The summed E-state index contributed by atoms with van der Waals surface area (Å²) in [4.78, 5) is 11.3. The minimum atomic E-state index is -4.47. The van der Waals surface area contributed by atoms with Crippen LogP contribution in [0.25, 0.3) is 0 Å². The Morgan fingerprint density at radius 1 is 1.33 bits per heavy atom. The van der Waals surface area contributed by atoms with Crippen LogP contribution in [0.2, 0.25) is 0 Å². The van der Waals surface area contributed by atoms with E-state index in [1.807, 2.05) is 0 Å². The highest BCUT2D eigenvalue weighted by atomic mass is 19.4. The van der Waals surface area contributed by atoms with Crippen LogP contribution in [-0.4, -0.2) is 24.9 Å². The molecule has 0 spiro atoms. The van der Waals surface area contributed by atoms with Crippen LogP contribution >= 0.6 is 0 Å². The van der Waals surface area contributed by atoms with Gasteiger partial charge in [0.2, 0.25) is 0 Å². The van der Waals surface area contributed by atoms with E-state index < -0.39 is 18.9 Å². The van der Waals surface area contributed by atoms with Gasteiger partial charge in [0.15, 0.2) is 6.61 Å². The highest BCUT2D eigenvalue weighted by molar-refractivity contribution is 5.67. The fourth-order valence-electron chi connectivity index (χ4n) is 2.48. The van der Waals surface area contributed by atoms with Gasteiger partial charge in [-0.25, -0.2) is 4.79 Å². The van der Waals surface area contributed by atoms with Gasteiger partial charge in [-0.05, 0) is 24.7 Å². The molecule has 18 heavy (non-hydrogen) atoms. The first kappa shape index (κ1) is 15.1. The molecule has 106 valence electrons. The number of alkyl halides is 3. The number of halogens is 3. The summed E-state index contributed by atoms with van der Waals surface area (Å²) in [5.41, 5.74) is 0. The van der Waals surface area contributed by atoms with Gasteiger partial charge >= 0.3 is 12.3 Å². The molecule has 0 radical (unpaired) electrons. The zero-order valence-corrected chi connectivity index (χ0v) is 10.7. The Balaban J connectivity index is 2.41. The maximum absolute atomic E-state index is 11.9. The molecule has 1 N–H and O–H groups in total. The highest BCUT2D eigenvalue weighted by Gasteiger charge is 2.32. The molecule has 0 bridgehead atoms. The van der Waals surface area contributed by atoms with E-state index >= 15 is 0 Å². The van der Waals surface area contributed by atoms with Gasteiger partial charge in [-0.3, -0.25) is 0 Å². The maximum Gasteiger partial charge on any atom is 0.422 e. The van der Waals surface area contributed by atoms with Gasteiger partial charge < -0.3 is 10.1 Å². The molecule has 1 fully saturated rings. The summed E-state index contributed by atoms with van der Waals surface area (Å²) in [5.74, 6) is 0.718. The van der Waals surface area contributed by atoms with E-state index in [1.54, 1.807) is 0 Å². The van der Waals surface area contributed by atoms with Crippen molar-refractivity contribution in [2.75, 3.05) is 6.61 Å². The molecule has 1 amide bonds. The molecule has 2 atom stereocenters. The predicted molar refractivity (Wildman–Crippen MR) is 61.1 cm³/mol. The summed E-state index contributed by atoms with van der Waals surface area (Å²) in [7, 11) is 0. The Kier molecular flexibility index (Phi) is 5.28. The zero-order chi connectivity index (χ0) is 13.8. The van der Waals surface area contributed by atoms with Crippen LogP contribution in [0.1, 0.15) is 39.5 Å². The lowest BCUT2D eigenvalue weighted by Crippen LogP contribution is -2.44. The number of carbonyl (C=O) groups excluding carboxylic acids is 1. The smallest absolute Gasteiger partial charge is 0.422 e. The Hall–Kier alpha value is -0.940. The van der Waals surface area contributed by atoms with Crippen molar-refractivity contribution in [3.63, 3.8) is 0 Å². The number of nitrogens with one attached hydrogen (secondary N) is 1. The summed E-state index contributed by atoms with van der Waals surface area (Å²) in [5, 5.41) is 2.56. The molecule has 6 heteroatoms. The highest BCUT2D eigenvalue weighted by Crippen LogP contribution is 2.30. The summed E-state index contributed by atoms with van der Waals surface area (Å²) in [6.07, 6.45) is -1.52. The molecule has 0 aromatic carbocycles. The standard InChI is InChI=1S/C12H20F3NO2/c1-8(2)9-5-3-4-6-10(9)16-11(17)18-7-12(13,14)15/h8-10H,3-7H2,1-2H3,(H,16,17). The van der Waals surface area contributed by atoms with Gasteiger partial charge in [-0.2, -0.15) is 13.2 Å². The van der Waals surface area contributed by atoms with Gasteiger partial charge in [0.1, 0.15) is 0 Å². The van der Waals surface area contributed by atoms with E-state index in [1.165, 1.54) is 0 Å². The Morgan fingerprint density at radius 3 is 2.50 bits per heavy atom. The van der Waals surface area contributed by atoms with E-state index in [-0.39, 0.29) is 6.04 Å². The van der Waals surface area contributed by atoms with Crippen molar-refractivity contribution in [3.8, 4) is 0 Å². The summed E-state index contributed by atoms with van der Waals surface area (Å²) in [6, 6.07) is -0.0699. The number of amides is 1. The third kappa shape index (κ3) is 5.14. The first-order chi connectivity index (χ1) is 8.29. The normalized spacial score (nSPS) is 25.0. The van der Waals surface area contributed by atoms with E-state index in [2.05, 4.69) is 23.9 Å². The third-order valence-electron chi connectivity index (χ3n) is 3.35. The molecule has 0 aliphatic heterocycles. The monoisotopic (exact) mass is 267 g/mol. The van der Waals surface area contributed by atoms with Crippen LogP contribution in [-0.2, 0) is 4.74 Å². The lowest BCUT2D eigenvalue weighted by atomic mass is 9.78. The first-order valence-corrected chi connectivity index (χ1v) is 6.29. The lowest BCUT2D eigenvalue weighted by Gasteiger charge is -2.34. The molecule has 0 heterocycles. The number of alkyl carbamates (subject to hydrolysis) is 1. The largest absolute Gasteiger partial charge is 0.440 e. The van der Waals surface area contributed by atoms with Crippen LogP contribution in [0.3, 0.4) is 0 Å². The quantitative estimate of drug-likeness (QED) is 0.850. The number of carbonyl (C=O) groups is 1. The molecule has 1 aliphatic rings. The topological polar surface area (TPSA) is 38.3 Å². The minimum absolute atomic E-state index is 0.0699. The Bertz CT molecular complexity index is 279. The van der Waals surface area contributed by atoms with Crippen molar-refractivity contribution in [3.05, 3.63) is 0 Å². The average molecular weight is 267 g/mol. The van der Waals surface area contributed by atoms with E-state index in [9.17, 15) is 18.0 Å². The molecule has 0 aromatic rings. The van der Waals surface area contributed by atoms with Crippen LogP contribution < -0.4 is 5.32 Å². The predicted octanol–water partition coefficient (Wildman–Crippen LogP) is 3.49. The van der Waals surface area contributed by atoms with Crippen LogP contribution in [0.5, 0.6) is 0 Å². The maximum atomic E-state index is 11.9. The average Bonchev–Trinajstić information content (AvgIpc) is 2.26. The second-order valence-electron chi connectivity index (χ2n) is 5.13. The van der Waals surface area contributed by atoms with Gasteiger partial charge in [0.25, 0.3) is 0 Å². The fraction of sp³-hybridized carbons (Fsp3) is 0.917. The van der Waals surface area contributed by atoms with Crippen LogP contribution in [0.15, 0.2) is 0 Å². The third-order valence-corrected chi connectivity index (χ3v) is 3.35. The summed E-state index contributed by atoms with van der Waals surface area (Å²) < 4.78 is 39.8. The number of rotatable bonds is 3. The summed E-state index contributed by atoms with van der Waals surface area (Å²) >= 11 is 0. The molecule has 1 saturated carbocycles. The Morgan fingerprint density at radius 2 is 1.94 bits per heavy atom. The molecule has 0 aromatic heterocycles. The number of hydrogen-bond donors (Lipinski definition) is 1. The first-order valence-electron chi connectivity index (χ1n) is 6.29. The molecule has 1 aliphatic carbocycles. The number of ether oxygens (including phenoxy) is 1. The van der Waals surface area contributed by atoms with E-state index in [4.69, 9.17) is 0 Å². The van der Waals surface area contributed by atoms with Gasteiger partial charge in [0, 0.05) is 6.04 Å². The molecule has 1 rings (SSSR count). The molecular weight excluding hydrogens is 247 g/mol. The van der Waals surface area contributed by atoms with E-state index in [0.29, 0.717) is 11.8 Å². The molecule has 3 nitrogen and oxygen atoms in total. The van der Waals surface area contributed by atoms with E-state index in [0.717, 1.165) is 25.7 Å². The van der Waals surface area contributed by atoms with Gasteiger partial charge in [0.05, 0.1) is 0 Å². The van der Waals surface area contributed by atoms with Crippen molar-refractivity contribution >= 4 is 6.09 Å². The van der Waals surface area contributed by atoms with Crippen molar-refractivity contribution in [1.29, 1.82) is 0 Å². The van der Waals surface area contributed by atoms with Crippen molar-refractivity contribution in [2.45, 2.75) is 51.7 Å². The zero-order valence-electron chi connectivity index (χ0n) is 10.7. The molecule has 2 unspecified atom stereocenters. The van der Waals surface area contributed by atoms with Crippen LogP contribution in [0, 0.1) is 11.8 Å². The van der Waals surface area contributed by atoms with Crippen molar-refractivity contribution in [1.82, 2.24) is 5.32 Å². The minimum Gasteiger partial charge on any atom is -0.440 e. The molecule has 0 saturated heterocycles. The fourth-order valence-corrected chi connectivity index (χ4v) is 2.48. The molecular formula is C12H20F3NO2. The number of hydrogen-bond acceptors (Lipinski definition) is 2. The second-order valence-corrected chi connectivity index (χ2v) is 5.13. The second kappa shape index (κ2) is 6.29. The lowest BCUT2D eigenvalue weighted by molar-refractivity contribution is -0.160. The Labute approximate surface area is 105 Å². The van der Waals surface area contributed by atoms with Crippen molar-refractivity contribution in [2.24, 2.45) is 11.8 Å².